The van der Waals surface area contributed by atoms with Crippen molar-refractivity contribution >= 4 is 0 Å². The van der Waals surface area contributed by atoms with Gasteiger partial charge >= 0.3 is 0 Å². The molecule has 0 atom stereocenters. The summed E-state index contributed by atoms with van der Waals surface area (Å²) in [5, 5.41) is 3.86. The average molecular weight is 247 g/mol. The Morgan fingerprint density at radius 1 is 1.22 bits per heavy atom. The van der Waals surface area contributed by atoms with Crippen molar-refractivity contribution in [2.24, 2.45) is 5.73 Å². The highest BCUT2D eigenvalue weighted by molar-refractivity contribution is 5.40. The van der Waals surface area contributed by atoms with Crippen molar-refractivity contribution in [1.82, 2.24) is 20.1 Å². The van der Waals surface area contributed by atoms with Crippen LogP contribution in [0.4, 0.5) is 0 Å². The van der Waals surface area contributed by atoms with Crippen LogP contribution in [0.5, 0.6) is 0 Å². The van der Waals surface area contributed by atoms with Crippen LogP contribution in [-0.2, 0) is 6.42 Å². The molecule has 2 aromatic rings. The van der Waals surface area contributed by atoms with Gasteiger partial charge in [0, 0.05) is 24.4 Å². The second kappa shape index (κ2) is 4.81. The predicted molar refractivity (Wildman–Crippen MR) is 66.6 cm³/mol. The largest absolute Gasteiger partial charge is 0.339 e. The second-order valence-electron chi connectivity index (χ2n) is 5.08. The molecule has 6 heteroatoms. The Kier molecular flexibility index (Phi) is 3.38. The van der Waals surface area contributed by atoms with Gasteiger partial charge in [-0.1, -0.05) is 5.16 Å². The molecule has 0 aliphatic heterocycles. The number of aromatic nitrogens is 4. The predicted octanol–water partition coefficient (Wildman–Crippen LogP) is 1.50. The zero-order chi connectivity index (χ0) is 13.2. The smallest absolute Gasteiger partial charge is 0.240 e. The van der Waals surface area contributed by atoms with Crippen LogP contribution in [-0.4, -0.2) is 25.6 Å². The van der Waals surface area contributed by atoms with Gasteiger partial charge in [-0.2, -0.15) is 4.98 Å². The summed E-state index contributed by atoms with van der Waals surface area (Å²) < 4.78 is 5.15. The molecular weight excluding hydrogens is 230 g/mol. The molecule has 0 saturated heterocycles. The Labute approximate surface area is 106 Å². The summed E-state index contributed by atoms with van der Waals surface area (Å²) in [6.45, 7) is 5.86. The molecule has 0 radical (unpaired) electrons. The standard InChI is InChI=1S/C12H17N5O/c1-8-6-14-10(15-7-8)11-16-9(18-17-11)4-5-12(2,3)13/h6-7H,4-5,13H2,1-3H3. The number of hydrogen-bond acceptors (Lipinski definition) is 6. The SMILES string of the molecule is Cc1cnc(-c2noc(CCC(C)(C)N)n2)nc1. The van der Waals surface area contributed by atoms with E-state index in [1.165, 1.54) is 0 Å². The minimum Gasteiger partial charge on any atom is -0.339 e. The van der Waals surface area contributed by atoms with Crippen molar-refractivity contribution in [3.05, 3.63) is 23.8 Å². The van der Waals surface area contributed by atoms with Crippen LogP contribution < -0.4 is 5.73 Å². The normalized spacial score (nSPS) is 11.8. The fourth-order valence-electron chi connectivity index (χ4n) is 1.38. The van der Waals surface area contributed by atoms with E-state index in [2.05, 4.69) is 20.1 Å². The Morgan fingerprint density at radius 2 is 1.89 bits per heavy atom. The highest BCUT2D eigenvalue weighted by atomic mass is 16.5. The molecule has 0 spiro atoms. The zero-order valence-electron chi connectivity index (χ0n) is 10.8. The molecule has 96 valence electrons. The van der Waals surface area contributed by atoms with Gasteiger partial charge in [0.2, 0.25) is 17.5 Å². The van der Waals surface area contributed by atoms with Crippen LogP contribution >= 0.6 is 0 Å². The van der Waals surface area contributed by atoms with E-state index in [-0.39, 0.29) is 5.54 Å². The molecule has 0 fully saturated rings. The van der Waals surface area contributed by atoms with Gasteiger partial charge in [0.05, 0.1) is 0 Å². The van der Waals surface area contributed by atoms with Gasteiger partial charge in [0.1, 0.15) is 0 Å². The highest BCUT2D eigenvalue weighted by Gasteiger charge is 2.15. The topological polar surface area (TPSA) is 90.7 Å². The fourth-order valence-corrected chi connectivity index (χ4v) is 1.38. The molecule has 0 saturated carbocycles. The molecule has 0 unspecified atom stereocenters. The Bertz CT molecular complexity index is 512. The third kappa shape index (κ3) is 3.33. The molecule has 0 aliphatic carbocycles. The van der Waals surface area contributed by atoms with Crippen molar-refractivity contribution in [2.75, 3.05) is 0 Å². The van der Waals surface area contributed by atoms with Crippen LogP contribution in [0.15, 0.2) is 16.9 Å². The Balaban J connectivity index is 2.08. The molecule has 0 amide bonds. The summed E-state index contributed by atoms with van der Waals surface area (Å²) in [5.74, 6) is 1.45. The lowest BCUT2D eigenvalue weighted by Gasteiger charge is -2.16. The minimum atomic E-state index is -0.241. The first-order valence-corrected chi connectivity index (χ1v) is 5.84. The second-order valence-corrected chi connectivity index (χ2v) is 5.08. The van der Waals surface area contributed by atoms with Crippen LogP contribution in [0, 0.1) is 6.92 Å². The molecule has 2 aromatic heterocycles. The van der Waals surface area contributed by atoms with Gasteiger partial charge in [-0.15, -0.1) is 0 Å². The zero-order valence-corrected chi connectivity index (χ0v) is 10.8. The van der Waals surface area contributed by atoms with Crippen molar-refractivity contribution < 1.29 is 4.52 Å². The summed E-state index contributed by atoms with van der Waals surface area (Å²) in [6, 6.07) is 0. The van der Waals surface area contributed by atoms with Crippen LogP contribution in [0.1, 0.15) is 31.7 Å². The highest BCUT2D eigenvalue weighted by Crippen LogP contribution is 2.13. The summed E-state index contributed by atoms with van der Waals surface area (Å²) in [6.07, 6.45) is 4.88. The van der Waals surface area contributed by atoms with Gasteiger partial charge < -0.3 is 10.3 Å². The molecule has 6 nitrogen and oxygen atoms in total. The Morgan fingerprint density at radius 3 is 2.50 bits per heavy atom. The van der Waals surface area contributed by atoms with Gasteiger partial charge in [-0.05, 0) is 32.8 Å². The number of nitrogens with zero attached hydrogens (tertiary/aromatic N) is 4. The fraction of sp³-hybridized carbons (Fsp3) is 0.500. The van der Waals surface area contributed by atoms with E-state index in [9.17, 15) is 0 Å². The molecule has 2 rings (SSSR count). The molecule has 2 heterocycles. The number of rotatable bonds is 4. The van der Waals surface area contributed by atoms with Gasteiger partial charge in [-0.3, -0.25) is 0 Å². The quantitative estimate of drug-likeness (QED) is 0.880. The maximum atomic E-state index is 5.90. The van der Waals surface area contributed by atoms with E-state index in [1.54, 1.807) is 12.4 Å². The van der Waals surface area contributed by atoms with Crippen molar-refractivity contribution in [2.45, 2.75) is 39.2 Å². The first kappa shape index (κ1) is 12.6. The van der Waals surface area contributed by atoms with Crippen molar-refractivity contribution in [3.8, 4) is 11.6 Å². The lowest BCUT2D eigenvalue weighted by atomic mass is 10.0. The monoisotopic (exact) mass is 247 g/mol. The first-order valence-electron chi connectivity index (χ1n) is 5.84. The molecule has 0 aromatic carbocycles. The number of aryl methyl sites for hydroxylation is 2. The van der Waals surface area contributed by atoms with Gasteiger partial charge in [-0.25, -0.2) is 9.97 Å². The summed E-state index contributed by atoms with van der Waals surface area (Å²) in [7, 11) is 0. The maximum Gasteiger partial charge on any atom is 0.240 e. The number of hydrogen-bond donors (Lipinski definition) is 1. The molecule has 18 heavy (non-hydrogen) atoms. The van der Waals surface area contributed by atoms with Crippen molar-refractivity contribution in [3.63, 3.8) is 0 Å². The molecular formula is C12H17N5O. The first-order chi connectivity index (χ1) is 8.44. The summed E-state index contributed by atoms with van der Waals surface area (Å²) >= 11 is 0. The molecule has 0 aliphatic rings. The Hall–Kier alpha value is -1.82. The lowest BCUT2D eigenvalue weighted by Crippen LogP contribution is -2.32. The van der Waals surface area contributed by atoms with Crippen LogP contribution in [0.3, 0.4) is 0 Å². The molecule has 2 N–H and O–H groups in total. The van der Waals surface area contributed by atoms with E-state index in [1.807, 2.05) is 20.8 Å². The van der Waals surface area contributed by atoms with E-state index in [4.69, 9.17) is 10.3 Å². The van der Waals surface area contributed by atoms with Gasteiger partial charge in [0.25, 0.3) is 0 Å². The summed E-state index contributed by atoms with van der Waals surface area (Å²) in [4.78, 5) is 12.6. The molecule has 0 bridgehead atoms. The minimum absolute atomic E-state index is 0.241. The van der Waals surface area contributed by atoms with E-state index in [0.717, 1.165) is 12.0 Å². The van der Waals surface area contributed by atoms with Gasteiger partial charge in [0.15, 0.2) is 0 Å². The van der Waals surface area contributed by atoms with E-state index >= 15 is 0 Å². The van der Waals surface area contributed by atoms with Crippen molar-refractivity contribution in [1.29, 1.82) is 0 Å². The third-order valence-electron chi connectivity index (χ3n) is 2.43. The summed E-state index contributed by atoms with van der Waals surface area (Å²) in [5.41, 5.74) is 6.66. The van der Waals surface area contributed by atoms with E-state index < -0.39 is 0 Å². The van der Waals surface area contributed by atoms with Crippen LogP contribution in [0.25, 0.3) is 11.6 Å². The maximum absolute atomic E-state index is 5.90. The third-order valence-corrected chi connectivity index (χ3v) is 2.43. The number of nitrogens with two attached hydrogens (primary N) is 1. The van der Waals surface area contributed by atoms with Crippen LogP contribution in [0.2, 0.25) is 0 Å². The van der Waals surface area contributed by atoms with E-state index in [0.29, 0.717) is 24.0 Å². The average Bonchev–Trinajstić information content (AvgIpc) is 2.75. The lowest BCUT2D eigenvalue weighted by molar-refractivity contribution is 0.358.